The first-order valence-electron chi connectivity index (χ1n) is 8.35. The Hall–Kier alpha value is -2.56. The van der Waals surface area contributed by atoms with Gasteiger partial charge in [-0.1, -0.05) is 13.0 Å². The van der Waals surface area contributed by atoms with Gasteiger partial charge in [0.25, 0.3) is 5.91 Å². The fourth-order valence-corrected chi connectivity index (χ4v) is 3.05. The van der Waals surface area contributed by atoms with Crippen molar-refractivity contribution < 1.29 is 9.53 Å². The minimum atomic E-state index is 0.0908. The molecule has 0 radical (unpaired) electrons. The highest BCUT2D eigenvalue weighted by Crippen LogP contribution is 2.22. The average molecular weight is 325 g/mol. The summed E-state index contributed by atoms with van der Waals surface area (Å²) < 4.78 is 5.34. The summed E-state index contributed by atoms with van der Waals surface area (Å²) in [5.41, 5.74) is 1.80. The van der Waals surface area contributed by atoms with Gasteiger partial charge in [-0.25, -0.2) is 4.98 Å². The number of rotatable bonds is 4. The summed E-state index contributed by atoms with van der Waals surface area (Å²) in [4.78, 5) is 21.3. The number of anilines is 1. The van der Waals surface area contributed by atoms with Gasteiger partial charge in [0.1, 0.15) is 11.6 Å². The van der Waals surface area contributed by atoms with Crippen LogP contribution in [0.5, 0.6) is 5.75 Å². The maximum atomic E-state index is 12.8. The van der Waals surface area contributed by atoms with Gasteiger partial charge in [0.2, 0.25) is 0 Å². The fourth-order valence-electron chi connectivity index (χ4n) is 3.05. The molecule has 0 saturated carbocycles. The number of hydrogen-bond acceptors (Lipinski definition) is 4. The van der Waals surface area contributed by atoms with Crippen LogP contribution in [0.1, 0.15) is 22.8 Å². The highest BCUT2D eigenvalue weighted by atomic mass is 16.5. The summed E-state index contributed by atoms with van der Waals surface area (Å²) in [5.74, 6) is 1.91. The van der Waals surface area contributed by atoms with E-state index in [1.165, 1.54) is 0 Å². The van der Waals surface area contributed by atoms with Crippen molar-refractivity contribution in [2.45, 2.75) is 13.3 Å². The molecule has 0 N–H and O–H groups in total. The molecule has 1 aromatic heterocycles. The Kier molecular flexibility index (Phi) is 4.99. The van der Waals surface area contributed by atoms with Crippen LogP contribution in [0.15, 0.2) is 42.6 Å². The number of benzene rings is 1. The summed E-state index contributed by atoms with van der Waals surface area (Å²) in [6.45, 7) is 5.10. The van der Waals surface area contributed by atoms with E-state index in [9.17, 15) is 4.79 Å². The number of carbonyl (C=O) groups is 1. The van der Waals surface area contributed by atoms with Crippen LogP contribution in [-0.2, 0) is 6.42 Å². The lowest BCUT2D eigenvalue weighted by molar-refractivity contribution is 0.0746. The monoisotopic (exact) mass is 325 g/mol. The van der Waals surface area contributed by atoms with E-state index in [1.54, 1.807) is 13.3 Å². The molecule has 1 aromatic carbocycles. The Balaban J connectivity index is 1.67. The van der Waals surface area contributed by atoms with E-state index in [0.29, 0.717) is 13.1 Å². The van der Waals surface area contributed by atoms with Crippen molar-refractivity contribution in [3.63, 3.8) is 0 Å². The molecule has 1 saturated heterocycles. The van der Waals surface area contributed by atoms with Crippen LogP contribution in [0.4, 0.5) is 5.82 Å². The number of methoxy groups -OCH3 is 1. The van der Waals surface area contributed by atoms with Crippen LogP contribution in [0.2, 0.25) is 0 Å². The minimum absolute atomic E-state index is 0.0908. The van der Waals surface area contributed by atoms with Gasteiger partial charge in [-0.05, 0) is 42.3 Å². The number of carbonyl (C=O) groups excluding carboxylic acids is 1. The van der Waals surface area contributed by atoms with Gasteiger partial charge in [0.15, 0.2) is 0 Å². The second-order valence-electron chi connectivity index (χ2n) is 5.85. The summed E-state index contributed by atoms with van der Waals surface area (Å²) in [6, 6.07) is 11.6. The molecular weight excluding hydrogens is 302 g/mol. The molecule has 24 heavy (non-hydrogen) atoms. The molecule has 1 amide bonds. The third-order valence-electron chi connectivity index (χ3n) is 4.45. The molecule has 5 nitrogen and oxygen atoms in total. The van der Waals surface area contributed by atoms with Crippen LogP contribution in [0.25, 0.3) is 0 Å². The normalized spacial score (nSPS) is 14.6. The van der Waals surface area contributed by atoms with Crippen molar-refractivity contribution >= 4 is 11.7 Å². The smallest absolute Gasteiger partial charge is 0.253 e. The molecule has 5 heteroatoms. The van der Waals surface area contributed by atoms with Crippen molar-refractivity contribution in [3.8, 4) is 5.75 Å². The Morgan fingerprint density at radius 2 is 1.96 bits per heavy atom. The van der Waals surface area contributed by atoms with Gasteiger partial charge < -0.3 is 14.5 Å². The third kappa shape index (κ3) is 3.35. The van der Waals surface area contributed by atoms with Crippen LogP contribution >= 0.6 is 0 Å². The number of aryl methyl sites for hydroxylation is 1. The van der Waals surface area contributed by atoms with Gasteiger partial charge >= 0.3 is 0 Å². The van der Waals surface area contributed by atoms with Crippen molar-refractivity contribution in [1.29, 1.82) is 0 Å². The molecule has 1 aliphatic heterocycles. The topological polar surface area (TPSA) is 45.7 Å². The van der Waals surface area contributed by atoms with E-state index >= 15 is 0 Å². The van der Waals surface area contributed by atoms with Gasteiger partial charge in [0, 0.05) is 37.9 Å². The molecular formula is C19H23N3O2. The molecule has 0 bridgehead atoms. The summed E-state index contributed by atoms with van der Waals surface area (Å²) in [7, 11) is 1.66. The molecule has 126 valence electrons. The molecule has 1 fully saturated rings. The number of nitrogens with zero attached hydrogens (tertiary/aromatic N) is 3. The van der Waals surface area contributed by atoms with E-state index < -0.39 is 0 Å². The minimum Gasteiger partial charge on any atom is -0.496 e. The second-order valence-corrected chi connectivity index (χ2v) is 5.85. The fraction of sp³-hybridized carbons (Fsp3) is 0.368. The first-order chi connectivity index (χ1) is 11.7. The zero-order chi connectivity index (χ0) is 16.9. The summed E-state index contributed by atoms with van der Waals surface area (Å²) in [6.07, 6.45) is 2.65. The van der Waals surface area contributed by atoms with E-state index in [0.717, 1.165) is 42.2 Å². The lowest BCUT2D eigenvalue weighted by atomic mass is 10.1. The molecule has 1 aliphatic rings. The Bertz CT molecular complexity index is 695. The largest absolute Gasteiger partial charge is 0.496 e. The Labute approximate surface area is 142 Å². The number of hydrogen-bond donors (Lipinski definition) is 0. The lowest BCUT2D eigenvalue weighted by Crippen LogP contribution is -2.49. The molecule has 0 unspecified atom stereocenters. The maximum Gasteiger partial charge on any atom is 0.253 e. The van der Waals surface area contributed by atoms with Crippen molar-refractivity contribution in [2.24, 2.45) is 0 Å². The van der Waals surface area contributed by atoms with Gasteiger partial charge in [-0.3, -0.25) is 4.79 Å². The summed E-state index contributed by atoms with van der Waals surface area (Å²) >= 11 is 0. The molecule has 2 heterocycles. The predicted octanol–water partition coefficient (Wildman–Crippen LogP) is 2.62. The highest BCUT2D eigenvalue weighted by Gasteiger charge is 2.23. The van der Waals surface area contributed by atoms with E-state index in [-0.39, 0.29) is 5.91 Å². The van der Waals surface area contributed by atoms with Gasteiger partial charge in [0.05, 0.1) is 7.11 Å². The number of pyridine rings is 1. The standard InChI is InChI=1S/C19H23N3O2/c1-3-15-14-16(7-8-17(15)24-2)19(23)22-12-10-21(11-13-22)18-6-4-5-9-20-18/h4-9,14H,3,10-13H2,1-2H3. The SMILES string of the molecule is CCc1cc(C(=O)N2CCN(c3ccccn3)CC2)ccc1OC. The molecule has 0 spiro atoms. The van der Waals surface area contributed by atoms with Crippen molar-refractivity contribution in [1.82, 2.24) is 9.88 Å². The zero-order valence-electron chi connectivity index (χ0n) is 14.2. The number of aromatic nitrogens is 1. The first-order valence-corrected chi connectivity index (χ1v) is 8.35. The second kappa shape index (κ2) is 7.34. The predicted molar refractivity (Wildman–Crippen MR) is 94.7 cm³/mol. The van der Waals surface area contributed by atoms with Crippen molar-refractivity contribution in [3.05, 3.63) is 53.7 Å². The average Bonchev–Trinajstić information content (AvgIpc) is 2.67. The molecule has 2 aromatic rings. The molecule has 0 atom stereocenters. The maximum absolute atomic E-state index is 12.8. The number of amides is 1. The van der Waals surface area contributed by atoms with E-state index in [4.69, 9.17) is 4.74 Å². The Morgan fingerprint density at radius 3 is 2.58 bits per heavy atom. The van der Waals surface area contributed by atoms with Crippen molar-refractivity contribution in [2.75, 3.05) is 38.2 Å². The Morgan fingerprint density at radius 1 is 1.17 bits per heavy atom. The number of ether oxygens (including phenoxy) is 1. The summed E-state index contributed by atoms with van der Waals surface area (Å²) in [5, 5.41) is 0. The molecule has 0 aliphatic carbocycles. The van der Waals surface area contributed by atoms with E-state index in [1.807, 2.05) is 41.3 Å². The first kappa shape index (κ1) is 16.3. The third-order valence-corrected chi connectivity index (χ3v) is 4.45. The van der Waals surface area contributed by atoms with Gasteiger partial charge in [-0.2, -0.15) is 0 Å². The van der Waals surface area contributed by atoms with Crippen LogP contribution < -0.4 is 9.64 Å². The van der Waals surface area contributed by atoms with E-state index in [2.05, 4.69) is 16.8 Å². The molecule has 3 rings (SSSR count). The number of piperazine rings is 1. The lowest BCUT2D eigenvalue weighted by Gasteiger charge is -2.35. The van der Waals surface area contributed by atoms with Crippen LogP contribution in [0, 0.1) is 0 Å². The van der Waals surface area contributed by atoms with Crippen LogP contribution in [-0.4, -0.2) is 49.1 Å². The van der Waals surface area contributed by atoms with Crippen LogP contribution in [0.3, 0.4) is 0 Å². The van der Waals surface area contributed by atoms with Gasteiger partial charge in [-0.15, -0.1) is 0 Å². The zero-order valence-corrected chi connectivity index (χ0v) is 14.2. The highest BCUT2D eigenvalue weighted by molar-refractivity contribution is 5.94. The quantitative estimate of drug-likeness (QED) is 0.867.